The van der Waals surface area contributed by atoms with E-state index in [0.717, 1.165) is 31.4 Å². The third-order valence-corrected chi connectivity index (χ3v) is 3.89. The molecule has 0 bridgehead atoms. The number of hydrogen-bond donors (Lipinski definition) is 2. The smallest absolute Gasteiger partial charge is 0.307 e. The number of nitrogens with zero attached hydrogens (tertiary/aromatic N) is 2. The van der Waals surface area contributed by atoms with Crippen LogP contribution in [0.5, 0.6) is 0 Å². The van der Waals surface area contributed by atoms with Crippen molar-refractivity contribution in [3.05, 3.63) is 0 Å². The van der Waals surface area contributed by atoms with Crippen LogP contribution in [0, 0.1) is 5.92 Å². The Labute approximate surface area is 151 Å². The number of ether oxygens (including phenoxy) is 1. The topological polar surface area (TPSA) is 66.0 Å². The molecular weight excluding hydrogens is 395 g/mol. The van der Waals surface area contributed by atoms with Crippen molar-refractivity contribution < 1.29 is 9.53 Å². The summed E-state index contributed by atoms with van der Waals surface area (Å²) in [6.45, 7) is 7.36. The molecule has 0 spiro atoms. The number of piperidine rings is 1. The van der Waals surface area contributed by atoms with Crippen LogP contribution < -0.4 is 10.6 Å². The molecule has 0 aromatic rings. The van der Waals surface area contributed by atoms with Crippen LogP contribution in [-0.4, -0.2) is 63.7 Å². The molecule has 1 rings (SSSR count). The molecule has 130 valence electrons. The molecule has 0 amide bonds. The minimum Gasteiger partial charge on any atom is -0.469 e. The molecule has 1 aliphatic rings. The summed E-state index contributed by atoms with van der Waals surface area (Å²) in [5.41, 5.74) is 0. The lowest BCUT2D eigenvalue weighted by Gasteiger charge is -2.30. The van der Waals surface area contributed by atoms with Crippen molar-refractivity contribution in [2.75, 3.05) is 46.9 Å². The van der Waals surface area contributed by atoms with Gasteiger partial charge in [0.25, 0.3) is 0 Å². The number of halogens is 1. The number of likely N-dealkylation sites (tertiary alicyclic amines) is 1. The maximum Gasteiger partial charge on any atom is 0.307 e. The second-order valence-electron chi connectivity index (χ2n) is 5.63. The zero-order valence-electron chi connectivity index (χ0n) is 14.1. The van der Waals surface area contributed by atoms with Crippen molar-refractivity contribution in [1.82, 2.24) is 15.5 Å². The van der Waals surface area contributed by atoms with E-state index in [1.54, 1.807) is 7.05 Å². The van der Waals surface area contributed by atoms with E-state index in [1.807, 2.05) is 0 Å². The number of nitrogens with one attached hydrogen (secondary N) is 2. The zero-order valence-corrected chi connectivity index (χ0v) is 16.4. The van der Waals surface area contributed by atoms with Gasteiger partial charge in [0.15, 0.2) is 5.96 Å². The number of rotatable bonds is 7. The first-order chi connectivity index (χ1) is 10.2. The summed E-state index contributed by atoms with van der Waals surface area (Å²) in [7, 11) is 3.14. The molecule has 6 nitrogen and oxygen atoms in total. The van der Waals surface area contributed by atoms with Gasteiger partial charge in [-0.1, -0.05) is 6.92 Å². The molecule has 2 N–H and O–H groups in total. The normalized spacial score (nSPS) is 16.8. The Morgan fingerprint density at radius 3 is 2.50 bits per heavy atom. The predicted octanol–water partition coefficient (Wildman–Crippen LogP) is 1.45. The zero-order chi connectivity index (χ0) is 15.5. The third-order valence-electron chi connectivity index (χ3n) is 3.89. The van der Waals surface area contributed by atoms with Gasteiger partial charge in [-0.15, -0.1) is 24.0 Å². The molecule has 0 unspecified atom stereocenters. The fourth-order valence-corrected chi connectivity index (χ4v) is 2.40. The van der Waals surface area contributed by atoms with Crippen molar-refractivity contribution in [3.8, 4) is 0 Å². The molecule has 1 saturated heterocycles. The molecule has 0 aromatic carbocycles. The first-order valence-electron chi connectivity index (χ1n) is 7.89. The standard InChI is InChI=1S/C15H30N4O2.HI/c1-13-6-11-19(12-7-13)10-4-8-17-15(16-2)18-9-5-14(20)21-3;/h13H,4-12H2,1-3H3,(H2,16,17,18);1H. The Kier molecular flexibility index (Phi) is 12.6. The minimum atomic E-state index is -0.211. The van der Waals surface area contributed by atoms with Gasteiger partial charge in [0.05, 0.1) is 13.5 Å². The summed E-state index contributed by atoms with van der Waals surface area (Å²) in [4.78, 5) is 17.7. The van der Waals surface area contributed by atoms with E-state index in [4.69, 9.17) is 0 Å². The maximum absolute atomic E-state index is 11.0. The van der Waals surface area contributed by atoms with Crippen LogP contribution in [0.4, 0.5) is 0 Å². The summed E-state index contributed by atoms with van der Waals surface area (Å²) in [5.74, 6) is 1.42. The molecule has 22 heavy (non-hydrogen) atoms. The lowest BCUT2D eigenvalue weighted by Crippen LogP contribution is -2.40. The Balaban J connectivity index is 0.00000441. The molecule has 7 heteroatoms. The number of guanidine groups is 1. The van der Waals surface area contributed by atoms with Crippen LogP contribution in [0.3, 0.4) is 0 Å². The Bertz CT molecular complexity index is 332. The summed E-state index contributed by atoms with van der Waals surface area (Å²) < 4.78 is 4.59. The fraction of sp³-hybridized carbons (Fsp3) is 0.867. The Hall–Kier alpha value is -0.570. The molecule has 0 aromatic heterocycles. The van der Waals surface area contributed by atoms with E-state index in [9.17, 15) is 4.79 Å². The van der Waals surface area contributed by atoms with E-state index in [2.05, 4.69) is 32.2 Å². The SMILES string of the molecule is CN=C(NCCCN1CCC(C)CC1)NCCC(=O)OC.I. The van der Waals surface area contributed by atoms with Gasteiger partial charge in [-0.05, 0) is 44.8 Å². The van der Waals surface area contributed by atoms with Crippen molar-refractivity contribution in [3.63, 3.8) is 0 Å². The van der Waals surface area contributed by atoms with Crippen LogP contribution in [0.1, 0.15) is 32.6 Å². The van der Waals surface area contributed by atoms with E-state index in [1.165, 1.54) is 33.0 Å². The highest BCUT2D eigenvalue weighted by molar-refractivity contribution is 14.0. The largest absolute Gasteiger partial charge is 0.469 e. The van der Waals surface area contributed by atoms with E-state index in [-0.39, 0.29) is 29.9 Å². The Morgan fingerprint density at radius 2 is 1.91 bits per heavy atom. The van der Waals surface area contributed by atoms with E-state index < -0.39 is 0 Å². The number of esters is 1. The molecule has 0 aliphatic carbocycles. The van der Waals surface area contributed by atoms with Crippen molar-refractivity contribution in [2.24, 2.45) is 10.9 Å². The summed E-state index contributed by atoms with van der Waals surface area (Å²) in [6.07, 6.45) is 4.10. The monoisotopic (exact) mass is 426 g/mol. The molecule has 0 saturated carbocycles. The molecule has 0 radical (unpaired) electrons. The second-order valence-corrected chi connectivity index (χ2v) is 5.63. The highest BCUT2D eigenvalue weighted by Gasteiger charge is 2.14. The maximum atomic E-state index is 11.0. The Morgan fingerprint density at radius 1 is 1.27 bits per heavy atom. The third kappa shape index (κ3) is 9.45. The van der Waals surface area contributed by atoms with Gasteiger partial charge >= 0.3 is 5.97 Å². The van der Waals surface area contributed by atoms with Crippen LogP contribution >= 0.6 is 24.0 Å². The number of carbonyl (C=O) groups is 1. The van der Waals surface area contributed by atoms with Crippen LogP contribution in [0.2, 0.25) is 0 Å². The molecule has 1 aliphatic heterocycles. The highest BCUT2D eigenvalue weighted by atomic mass is 127. The van der Waals surface area contributed by atoms with Gasteiger partial charge in [0.2, 0.25) is 0 Å². The molecular formula is C15H31IN4O2. The number of aliphatic imine (C=N–C) groups is 1. The van der Waals surface area contributed by atoms with Gasteiger partial charge < -0.3 is 20.3 Å². The number of carbonyl (C=O) groups excluding carboxylic acids is 1. The van der Waals surface area contributed by atoms with Crippen molar-refractivity contribution in [2.45, 2.75) is 32.6 Å². The quantitative estimate of drug-likeness (QED) is 0.212. The van der Waals surface area contributed by atoms with E-state index in [0.29, 0.717) is 13.0 Å². The number of methoxy groups -OCH3 is 1. The van der Waals surface area contributed by atoms with Gasteiger partial charge in [0.1, 0.15) is 0 Å². The molecule has 1 heterocycles. The van der Waals surface area contributed by atoms with Crippen molar-refractivity contribution in [1.29, 1.82) is 0 Å². The lowest BCUT2D eigenvalue weighted by atomic mass is 9.99. The summed E-state index contributed by atoms with van der Waals surface area (Å²) in [6, 6.07) is 0. The second kappa shape index (κ2) is 12.9. The van der Waals surface area contributed by atoms with Gasteiger partial charge in [-0.25, -0.2) is 0 Å². The minimum absolute atomic E-state index is 0. The van der Waals surface area contributed by atoms with Crippen LogP contribution in [-0.2, 0) is 9.53 Å². The van der Waals surface area contributed by atoms with Gasteiger partial charge in [-0.3, -0.25) is 9.79 Å². The average molecular weight is 426 g/mol. The number of hydrogen-bond acceptors (Lipinski definition) is 4. The van der Waals surface area contributed by atoms with E-state index >= 15 is 0 Å². The van der Waals surface area contributed by atoms with Crippen LogP contribution in [0.15, 0.2) is 4.99 Å². The molecule has 0 atom stereocenters. The molecule has 1 fully saturated rings. The summed E-state index contributed by atoms with van der Waals surface area (Å²) in [5, 5.41) is 6.37. The average Bonchev–Trinajstić information content (AvgIpc) is 2.51. The fourth-order valence-electron chi connectivity index (χ4n) is 2.40. The first kappa shape index (κ1) is 21.4. The highest BCUT2D eigenvalue weighted by Crippen LogP contribution is 2.15. The summed E-state index contributed by atoms with van der Waals surface area (Å²) >= 11 is 0. The van der Waals surface area contributed by atoms with Crippen molar-refractivity contribution >= 4 is 35.9 Å². The van der Waals surface area contributed by atoms with Gasteiger partial charge in [-0.2, -0.15) is 0 Å². The first-order valence-corrected chi connectivity index (χ1v) is 7.89. The predicted molar refractivity (Wildman–Crippen MR) is 101 cm³/mol. The van der Waals surface area contributed by atoms with Gasteiger partial charge in [0, 0.05) is 20.1 Å². The van der Waals surface area contributed by atoms with Crippen LogP contribution in [0.25, 0.3) is 0 Å². The lowest BCUT2D eigenvalue weighted by molar-refractivity contribution is -0.140.